The van der Waals surface area contributed by atoms with Crippen molar-refractivity contribution in [1.82, 2.24) is 10.6 Å². The largest absolute Gasteiger partial charge is 0.352 e. The molecule has 0 aliphatic heterocycles. The molecule has 3 atom stereocenters. The molecule has 122 valence electrons. The van der Waals surface area contributed by atoms with Gasteiger partial charge in [0.15, 0.2) is 0 Å². The number of hydrogen-bond donors (Lipinski definition) is 3. The van der Waals surface area contributed by atoms with E-state index in [4.69, 9.17) is 0 Å². The van der Waals surface area contributed by atoms with Crippen molar-refractivity contribution >= 4 is 17.5 Å². The lowest BCUT2D eigenvalue weighted by atomic mass is 10.1. The van der Waals surface area contributed by atoms with Crippen LogP contribution in [0.5, 0.6) is 0 Å². The number of amides is 2. The first-order valence-electron chi connectivity index (χ1n) is 7.77. The third-order valence-corrected chi connectivity index (χ3v) is 3.60. The molecule has 0 fully saturated rings. The minimum atomic E-state index is -0.284. The highest BCUT2D eigenvalue weighted by molar-refractivity contribution is 5.88. The second-order valence-corrected chi connectivity index (χ2v) is 5.73. The molecule has 1 rings (SSSR count). The van der Waals surface area contributed by atoms with E-state index in [2.05, 4.69) is 16.0 Å². The van der Waals surface area contributed by atoms with Crippen molar-refractivity contribution in [1.29, 1.82) is 0 Å². The number of carbonyl (C=O) groups excluding carboxylic acids is 2. The summed E-state index contributed by atoms with van der Waals surface area (Å²) in [5.41, 5.74) is 1.78. The molecular weight excluding hydrogens is 278 g/mol. The molecule has 0 radical (unpaired) electrons. The number of anilines is 1. The summed E-state index contributed by atoms with van der Waals surface area (Å²) in [5.74, 6) is -0.0988. The Balaban J connectivity index is 2.66. The lowest BCUT2D eigenvalue weighted by Crippen LogP contribution is -2.45. The Hall–Kier alpha value is -1.88. The van der Waals surface area contributed by atoms with Crippen LogP contribution in [0.2, 0.25) is 0 Å². The van der Waals surface area contributed by atoms with E-state index in [1.807, 2.05) is 52.0 Å². The Labute approximate surface area is 132 Å². The van der Waals surface area contributed by atoms with Gasteiger partial charge in [0.1, 0.15) is 0 Å². The zero-order valence-corrected chi connectivity index (χ0v) is 14.1. The first kappa shape index (κ1) is 18.2. The highest BCUT2D eigenvalue weighted by Gasteiger charge is 2.17. The zero-order chi connectivity index (χ0) is 16.7. The first-order valence-corrected chi connectivity index (χ1v) is 7.77. The van der Waals surface area contributed by atoms with Gasteiger partial charge in [-0.25, -0.2) is 0 Å². The predicted molar refractivity (Wildman–Crippen MR) is 89.7 cm³/mol. The van der Waals surface area contributed by atoms with Crippen LogP contribution >= 0.6 is 0 Å². The molecule has 2 amide bonds. The number of nitrogens with one attached hydrogen (secondary N) is 3. The molecule has 22 heavy (non-hydrogen) atoms. The minimum Gasteiger partial charge on any atom is -0.352 e. The summed E-state index contributed by atoms with van der Waals surface area (Å²) in [5, 5.41) is 9.01. The topological polar surface area (TPSA) is 70.2 Å². The highest BCUT2D eigenvalue weighted by Crippen LogP contribution is 2.18. The number of benzene rings is 1. The van der Waals surface area contributed by atoms with Gasteiger partial charge in [-0.05, 0) is 44.9 Å². The van der Waals surface area contributed by atoms with Crippen molar-refractivity contribution in [3.63, 3.8) is 0 Å². The van der Waals surface area contributed by atoms with Crippen LogP contribution in [0.15, 0.2) is 24.3 Å². The van der Waals surface area contributed by atoms with Gasteiger partial charge >= 0.3 is 0 Å². The molecule has 1 aromatic rings. The van der Waals surface area contributed by atoms with Crippen molar-refractivity contribution in [3.8, 4) is 0 Å². The summed E-state index contributed by atoms with van der Waals surface area (Å²) in [4.78, 5) is 23.2. The maximum atomic E-state index is 12.1. The van der Waals surface area contributed by atoms with Crippen LogP contribution in [-0.2, 0) is 9.59 Å². The molecule has 1 aromatic carbocycles. The van der Waals surface area contributed by atoms with Gasteiger partial charge in [-0.1, -0.05) is 19.1 Å². The molecule has 3 N–H and O–H groups in total. The Morgan fingerprint density at radius 3 is 2.45 bits per heavy atom. The van der Waals surface area contributed by atoms with Gasteiger partial charge in [-0.3, -0.25) is 14.9 Å². The van der Waals surface area contributed by atoms with E-state index >= 15 is 0 Å². The van der Waals surface area contributed by atoms with Crippen LogP contribution in [0.3, 0.4) is 0 Å². The monoisotopic (exact) mass is 305 g/mol. The molecule has 0 aliphatic rings. The lowest BCUT2D eigenvalue weighted by Gasteiger charge is -2.22. The number of hydrogen-bond acceptors (Lipinski definition) is 3. The lowest BCUT2D eigenvalue weighted by molar-refractivity contribution is -0.123. The molecule has 0 spiro atoms. The van der Waals surface area contributed by atoms with E-state index in [1.54, 1.807) is 0 Å². The third kappa shape index (κ3) is 5.85. The average molecular weight is 305 g/mol. The van der Waals surface area contributed by atoms with Crippen LogP contribution in [0, 0.1) is 0 Å². The molecular formula is C17H27N3O2. The minimum absolute atomic E-state index is 0.000726. The van der Waals surface area contributed by atoms with E-state index in [9.17, 15) is 9.59 Å². The fraction of sp³-hybridized carbons (Fsp3) is 0.529. The maximum absolute atomic E-state index is 12.1. The SMILES string of the molecule is CCC(C)NC(=O)C(C)NC(C)c1cccc(NC(C)=O)c1. The Morgan fingerprint density at radius 1 is 1.18 bits per heavy atom. The predicted octanol–water partition coefficient (Wildman–Crippen LogP) is 2.60. The second-order valence-electron chi connectivity index (χ2n) is 5.73. The molecule has 0 saturated heterocycles. The molecule has 0 heterocycles. The van der Waals surface area contributed by atoms with E-state index in [0.29, 0.717) is 0 Å². The van der Waals surface area contributed by atoms with Crippen molar-refractivity contribution in [2.45, 2.75) is 59.2 Å². The summed E-state index contributed by atoms with van der Waals surface area (Å²) >= 11 is 0. The Morgan fingerprint density at radius 2 is 1.86 bits per heavy atom. The summed E-state index contributed by atoms with van der Waals surface area (Å²) in [6.07, 6.45) is 0.909. The van der Waals surface area contributed by atoms with Gasteiger partial charge < -0.3 is 10.6 Å². The van der Waals surface area contributed by atoms with E-state index < -0.39 is 0 Å². The van der Waals surface area contributed by atoms with Crippen molar-refractivity contribution in [3.05, 3.63) is 29.8 Å². The fourth-order valence-corrected chi connectivity index (χ4v) is 2.11. The molecule has 5 heteroatoms. The van der Waals surface area contributed by atoms with Gasteiger partial charge in [-0.15, -0.1) is 0 Å². The maximum Gasteiger partial charge on any atom is 0.237 e. The van der Waals surface area contributed by atoms with Crippen LogP contribution in [0.4, 0.5) is 5.69 Å². The first-order chi connectivity index (χ1) is 10.3. The molecule has 3 unspecified atom stereocenters. The van der Waals surface area contributed by atoms with Crippen LogP contribution < -0.4 is 16.0 Å². The molecule has 0 bridgehead atoms. The van der Waals surface area contributed by atoms with Crippen molar-refractivity contribution in [2.75, 3.05) is 5.32 Å². The normalized spacial score (nSPS) is 14.8. The van der Waals surface area contributed by atoms with E-state index in [-0.39, 0.29) is 29.9 Å². The molecule has 0 aliphatic carbocycles. The smallest absolute Gasteiger partial charge is 0.237 e. The van der Waals surface area contributed by atoms with Crippen LogP contribution in [0.1, 0.15) is 52.6 Å². The summed E-state index contributed by atoms with van der Waals surface area (Å²) in [6.45, 7) is 9.37. The third-order valence-electron chi connectivity index (χ3n) is 3.60. The van der Waals surface area contributed by atoms with E-state index in [1.165, 1.54) is 6.92 Å². The molecule has 0 saturated carbocycles. The quantitative estimate of drug-likeness (QED) is 0.725. The fourth-order valence-electron chi connectivity index (χ4n) is 2.11. The van der Waals surface area contributed by atoms with Crippen LogP contribution in [-0.4, -0.2) is 23.9 Å². The summed E-state index contributed by atoms with van der Waals surface area (Å²) < 4.78 is 0. The van der Waals surface area contributed by atoms with E-state index in [0.717, 1.165) is 17.7 Å². The van der Waals surface area contributed by atoms with Crippen LogP contribution in [0.25, 0.3) is 0 Å². The molecule has 0 aromatic heterocycles. The number of rotatable bonds is 7. The van der Waals surface area contributed by atoms with Crippen molar-refractivity contribution < 1.29 is 9.59 Å². The summed E-state index contributed by atoms with van der Waals surface area (Å²) in [6, 6.07) is 7.52. The second kappa shape index (κ2) is 8.54. The zero-order valence-electron chi connectivity index (χ0n) is 14.1. The Kier molecular flexibility index (Phi) is 7.05. The van der Waals surface area contributed by atoms with Gasteiger partial charge in [-0.2, -0.15) is 0 Å². The van der Waals surface area contributed by atoms with Gasteiger partial charge in [0.25, 0.3) is 0 Å². The highest BCUT2D eigenvalue weighted by atomic mass is 16.2. The van der Waals surface area contributed by atoms with Gasteiger partial charge in [0, 0.05) is 24.7 Å². The van der Waals surface area contributed by atoms with Crippen molar-refractivity contribution in [2.24, 2.45) is 0 Å². The number of carbonyl (C=O) groups is 2. The standard InChI is InChI=1S/C17H27N3O2/c1-6-11(2)18-17(22)13(4)19-12(3)15-8-7-9-16(10-15)20-14(5)21/h7-13,19H,6H2,1-5H3,(H,18,22)(H,20,21). The summed E-state index contributed by atoms with van der Waals surface area (Å²) in [7, 11) is 0. The molecule has 5 nitrogen and oxygen atoms in total. The van der Waals surface area contributed by atoms with Gasteiger partial charge in [0.2, 0.25) is 11.8 Å². The average Bonchev–Trinajstić information content (AvgIpc) is 2.46. The van der Waals surface area contributed by atoms with Gasteiger partial charge in [0.05, 0.1) is 6.04 Å². The Bertz CT molecular complexity index is 516.